The van der Waals surface area contributed by atoms with Crippen LogP contribution in [0.5, 0.6) is 5.75 Å². The zero-order valence-corrected chi connectivity index (χ0v) is 18.1. The number of halogens is 1. The topological polar surface area (TPSA) is 106 Å². The van der Waals surface area contributed by atoms with Crippen LogP contribution in [0.2, 0.25) is 0 Å². The van der Waals surface area contributed by atoms with Gasteiger partial charge in [-0.15, -0.1) is 0 Å². The van der Waals surface area contributed by atoms with Gasteiger partial charge in [0.15, 0.2) is 9.84 Å². The quantitative estimate of drug-likeness (QED) is 0.433. The van der Waals surface area contributed by atoms with Gasteiger partial charge in [0.1, 0.15) is 22.1 Å². The Hall–Kier alpha value is -2.72. The average Bonchev–Trinajstić information content (AvgIpc) is 3.08. The molecule has 3 rings (SSSR count). The molecular weight excluding hydrogens is 411 g/mol. The number of aromatic nitrogens is 3. The molecule has 0 amide bonds. The van der Waals surface area contributed by atoms with Gasteiger partial charge in [0.25, 0.3) is 0 Å². The number of imidazole rings is 1. The van der Waals surface area contributed by atoms with Gasteiger partial charge in [0.05, 0.1) is 23.7 Å². The maximum absolute atomic E-state index is 14.1. The van der Waals surface area contributed by atoms with Gasteiger partial charge >= 0.3 is 0 Å². The third-order valence-electron chi connectivity index (χ3n) is 4.62. The molecule has 2 N–H and O–H groups in total. The lowest BCUT2D eigenvalue weighted by molar-refractivity contribution is 0.292. The van der Waals surface area contributed by atoms with E-state index in [2.05, 4.69) is 15.3 Å². The third-order valence-corrected chi connectivity index (χ3v) is 7.12. The Balaban J connectivity index is 2.16. The number of anilines is 1. The fourth-order valence-electron chi connectivity index (χ4n) is 2.92. The summed E-state index contributed by atoms with van der Waals surface area (Å²) in [4.78, 5) is 8.15. The van der Waals surface area contributed by atoms with Gasteiger partial charge in [-0.25, -0.2) is 18.4 Å². The first-order chi connectivity index (χ1) is 14.1. The number of ether oxygens (including phenoxy) is 1. The molecule has 10 heteroatoms. The molecule has 0 aliphatic heterocycles. The van der Waals surface area contributed by atoms with Gasteiger partial charge < -0.3 is 15.2 Å². The van der Waals surface area contributed by atoms with Crippen LogP contribution in [0.4, 0.5) is 10.2 Å². The van der Waals surface area contributed by atoms with Gasteiger partial charge in [-0.2, -0.15) is 4.39 Å². The van der Waals surface area contributed by atoms with Crippen molar-refractivity contribution in [3.8, 4) is 17.0 Å². The van der Waals surface area contributed by atoms with Crippen molar-refractivity contribution in [3.05, 3.63) is 36.5 Å². The highest BCUT2D eigenvalue weighted by molar-refractivity contribution is 7.92. The highest BCUT2D eigenvalue weighted by Crippen LogP contribution is 2.34. The zero-order valence-electron chi connectivity index (χ0n) is 17.3. The van der Waals surface area contributed by atoms with E-state index < -0.39 is 20.5 Å². The van der Waals surface area contributed by atoms with E-state index in [1.165, 1.54) is 25.6 Å². The number of nitrogens with zero attached hydrogens (tertiary/aromatic N) is 3. The minimum atomic E-state index is -3.71. The van der Waals surface area contributed by atoms with Gasteiger partial charge in [0.2, 0.25) is 5.95 Å². The summed E-state index contributed by atoms with van der Waals surface area (Å²) in [6.45, 7) is 5.29. The highest BCUT2D eigenvalue weighted by atomic mass is 32.2. The van der Waals surface area contributed by atoms with E-state index in [9.17, 15) is 12.8 Å². The van der Waals surface area contributed by atoms with Crippen molar-refractivity contribution in [2.75, 3.05) is 25.6 Å². The Bertz CT molecular complexity index is 1170. The fraction of sp³-hybridized carbons (Fsp3) is 0.400. The second-order valence-electron chi connectivity index (χ2n) is 7.76. The Labute approximate surface area is 174 Å². The van der Waals surface area contributed by atoms with Gasteiger partial charge in [-0.1, -0.05) is 0 Å². The first-order valence-electron chi connectivity index (χ1n) is 9.41. The van der Waals surface area contributed by atoms with Crippen LogP contribution >= 0.6 is 0 Å². The predicted octanol–water partition coefficient (Wildman–Crippen LogP) is 2.91. The SMILES string of the molecule is COc1cc2ncc(-c3cc(F)nc(NCCCO)c3)n2cc1S(=O)(=O)C(C)(C)C. The van der Waals surface area contributed by atoms with Crippen LogP contribution in [0.15, 0.2) is 35.5 Å². The van der Waals surface area contributed by atoms with E-state index in [1.54, 1.807) is 37.3 Å². The van der Waals surface area contributed by atoms with E-state index >= 15 is 0 Å². The molecular formula is C20H25FN4O4S. The molecule has 0 fully saturated rings. The number of fused-ring (bicyclic) bond motifs is 1. The molecule has 0 bridgehead atoms. The Morgan fingerprint density at radius 3 is 2.63 bits per heavy atom. The minimum Gasteiger partial charge on any atom is -0.495 e. The molecule has 162 valence electrons. The maximum Gasteiger partial charge on any atom is 0.215 e. The molecule has 0 saturated heterocycles. The van der Waals surface area contributed by atoms with Crippen molar-refractivity contribution < 1.29 is 22.7 Å². The monoisotopic (exact) mass is 436 g/mol. The van der Waals surface area contributed by atoms with Crippen molar-refractivity contribution in [1.82, 2.24) is 14.4 Å². The van der Waals surface area contributed by atoms with Gasteiger partial charge in [0, 0.05) is 37.0 Å². The highest BCUT2D eigenvalue weighted by Gasteiger charge is 2.34. The smallest absolute Gasteiger partial charge is 0.215 e. The Kier molecular flexibility index (Phi) is 6.00. The standard InChI is InChI=1S/C20H25FN4O4S/c1-20(2,3)30(27,28)16-12-25-14(11-23-19(25)10-15(16)29-4)13-8-17(21)24-18(9-13)22-6-5-7-26/h8-12,26H,5-7H2,1-4H3,(H,22,24). The summed E-state index contributed by atoms with van der Waals surface area (Å²) in [5.74, 6) is -0.184. The third kappa shape index (κ3) is 4.10. The van der Waals surface area contributed by atoms with Crippen molar-refractivity contribution in [2.24, 2.45) is 0 Å². The van der Waals surface area contributed by atoms with Crippen LogP contribution in [-0.4, -0.2) is 52.9 Å². The summed E-state index contributed by atoms with van der Waals surface area (Å²) >= 11 is 0. The van der Waals surface area contributed by atoms with Crippen LogP contribution in [0.25, 0.3) is 16.9 Å². The molecule has 3 heterocycles. The van der Waals surface area contributed by atoms with E-state index in [1.807, 2.05) is 0 Å². The first kappa shape index (κ1) is 22.0. The largest absolute Gasteiger partial charge is 0.495 e. The molecule has 0 aliphatic rings. The molecule has 0 aromatic carbocycles. The summed E-state index contributed by atoms with van der Waals surface area (Å²) in [7, 11) is -2.31. The number of methoxy groups -OCH3 is 1. The number of aliphatic hydroxyl groups is 1. The number of sulfone groups is 1. The first-order valence-corrected chi connectivity index (χ1v) is 10.9. The molecule has 3 aromatic rings. The lowest BCUT2D eigenvalue weighted by atomic mass is 10.2. The zero-order chi connectivity index (χ0) is 22.1. The van der Waals surface area contributed by atoms with E-state index in [0.717, 1.165) is 0 Å². The van der Waals surface area contributed by atoms with Crippen molar-refractivity contribution in [1.29, 1.82) is 0 Å². The summed E-state index contributed by atoms with van der Waals surface area (Å²) < 4.78 is 46.2. The molecule has 0 saturated carbocycles. The number of hydrogen-bond donors (Lipinski definition) is 2. The molecule has 30 heavy (non-hydrogen) atoms. The van der Waals surface area contributed by atoms with E-state index in [-0.39, 0.29) is 17.3 Å². The van der Waals surface area contributed by atoms with E-state index in [4.69, 9.17) is 9.84 Å². The van der Waals surface area contributed by atoms with Crippen molar-refractivity contribution >= 4 is 21.3 Å². The molecule has 0 radical (unpaired) electrons. The van der Waals surface area contributed by atoms with Crippen molar-refractivity contribution in [3.63, 3.8) is 0 Å². The van der Waals surface area contributed by atoms with Crippen LogP contribution < -0.4 is 10.1 Å². The predicted molar refractivity (Wildman–Crippen MR) is 112 cm³/mol. The molecule has 0 atom stereocenters. The van der Waals surface area contributed by atoms with Crippen LogP contribution in [0.3, 0.4) is 0 Å². The second kappa shape index (κ2) is 8.19. The van der Waals surface area contributed by atoms with Gasteiger partial charge in [-0.3, -0.25) is 4.40 Å². The molecule has 3 aromatic heterocycles. The summed E-state index contributed by atoms with van der Waals surface area (Å²) in [6.07, 6.45) is 3.49. The van der Waals surface area contributed by atoms with Crippen LogP contribution in [0.1, 0.15) is 27.2 Å². The van der Waals surface area contributed by atoms with Crippen LogP contribution in [-0.2, 0) is 9.84 Å². The summed E-state index contributed by atoms with van der Waals surface area (Å²) in [5, 5.41) is 11.9. The number of rotatable bonds is 7. The minimum absolute atomic E-state index is 0.00922. The van der Waals surface area contributed by atoms with Crippen LogP contribution in [0, 0.1) is 5.95 Å². The lowest BCUT2D eigenvalue weighted by Gasteiger charge is -2.21. The summed E-state index contributed by atoms with van der Waals surface area (Å²) in [6, 6.07) is 4.44. The molecule has 0 aliphatic carbocycles. The second-order valence-corrected chi connectivity index (χ2v) is 10.4. The number of nitrogens with one attached hydrogen (secondary N) is 1. The molecule has 0 spiro atoms. The fourth-order valence-corrected chi connectivity index (χ4v) is 4.23. The number of hydrogen-bond acceptors (Lipinski definition) is 7. The summed E-state index contributed by atoms with van der Waals surface area (Å²) in [5.41, 5.74) is 1.44. The Morgan fingerprint density at radius 2 is 2.00 bits per heavy atom. The molecule has 8 nitrogen and oxygen atoms in total. The normalized spacial score (nSPS) is 12.3. The number of aliphatic hydroxyl groups excluding tert-OH is 1. The van der Waals surface area contributed by atoms with Crippen molar-refractivity contribution in [2.45, 2.75) is 36.8 Å². The Morgan fingerprint density at radius 1 is 1.27 bits per heavy atom. The average molecular weight is 437 g/mol. The van der Waals surface area contributed by atoms with E-state index in [0.29, 0.717) is 35.7 Å². The molecule has 0 unspecified atom stereocenters. The lowest BCUT2D eigenvalue weighted by Crippen LogP contribution is -2.28. The van der Waals surface area contributed by atoms with Gasteiger partial charge in [-0.05, 0) is 33.3 Å². The number of pyridine rings is 2. The maximum atomic E-state index is 14.1.